The maximum absolute atomic E-state index is 13.9. The number of aliphatic hydroxyl groups is 1. The molecule has 5 rings (SSSR count). The zero-order chi connectivity index (χ0) is 26.5. The lowest BCUT2D eigenvalue weighted by Gasteiger charge is -2.44. The van der Waals surface area contributed by atoms with Gasteiger partial charge in [0.1, 0.15) is 11.7 Å². The lowest BCUT2D eigenvalue weighted by atomic mass is 9.72. The van der Waals surface area contributed by atoms with E-state index in [0.29, 0.717) is 25.9 Å². The molecule has 5 atom stereocenters. The fourth-order valence-electron chi connectivity index (χ4n) is 7.20. The minimum Gasteiger partial charge on any atom is -0.457 e. The highest BCUT2D eigenvalue weighted by Crippen LogP contribution is 2.59. The molecule has 7 heteroatoms. The fourth-order valence-corrected chi connectivity index (χ4v) is 10.2. The van der Waals surface area contributed by atoms with Crippen LogP contribution >= 0.6 is 0 Å². The zero-order valence-corrected chi connectivity index (χ0v) is 23.9. The van der Waals surface area contributed by atoms with E-state index in [9.17, 15) is 9.90 Å². The van der Waals surface area contributed by atoms with E-state index in [1.165, 1.54) is 0 Å². The molecule has 0 unspecified atom stereocenters. The van der Waals surface area contributed by atoms with Crippen molar-refractivity contribution in [3.63, 3.8) is 0 Å². The molecule has 2 bridgehead atoms. The number of hydrogen-bond acceptors (Lipinski definition) is 6. The van der Waals surface area contributed by atoms with Crippen LogP contribution in [0.4, 0.5) is 0 Å². The number of rotatable bonds is 8. The minimum atomic E-state index is -2.21. The molecule has 0 amide bonds. The average molecular weight is 527 g/mol. The van der Waals surface area contributed by atoms with Crippen molar-refractivity contribution >= 4 is 14.3 Å². The highest BCUT2D eigenvalue weighted by molar-refractivity contribution is 6.73. The largest absolute Gasteiger partial charge is 0.457 e. The first-order chi connectivity index (χ1) is 17.6. The predicted octanol–water partition coefficient (Wildman–Crippen LogP) is 5.81. The lowest BCUT2D eigenvalue weighted by molar-refractivity contribution is -0.234. The number of ether oxygens (including phenoxy) is 3. The van der Waals surface area contributed by atoms with E-state index in [2.05, 4.69) is 26.8 Å². The van der Waals surface area contributed by atoms with Crippen molar-refractivity contribution in [1.82, 2.24) is 0 Å². The Morgan fingerprint density at radius 1 is 1.11 bits per heavy atom. The van der Waals surface area contributed by atoms with Crippen LogP contribution in [-0.4, -0.2) is 48.1 Å². The van der Waals surface area contributed by atoms with Crippen LogP contribution < -0.4 is 0 Å². The summed E-state index contributed by atoms with van der Waals surface area (Å²) in [5.41, 5.74) is -0.686. The molecule has 1 aromatic carbocycles. The van der Waals surface area contributed by atoms with Gasteiger partial charge in [0.25, 0.3) is 0 Å². The molecule has 3 aliphatic heterocycles. The lowest BCUT2D eigenvalue weighted by Crippen LogP contribution is -2.57. The predicted molar refractivity (Wildman–Crippen MR) is 144 cm³/mol. The summed E-state index contributed by atoms with van der Waals surface area (Å²) in [5, 5.41) is 11.8. The molecule has 1 aromatic rings. The molecule has 3 heterocycles. The molecule has 1 spiro atoms. The summed E-state index contributed by atoms with van der Waals surface area (Å²) < 4.78 is 26.4. The van der Waals surface area contributed by atoms with E-state index in [-0.39, 0.29) is 11.9 Å². The van der Waals surface area contributed by atoms with E-state index >= 15 is 0 Å². The topological polar surface area (TPSA) is 74.2 Å². The Morgan fingerprint density at radius 2 is 1.81 bits per heavy atom. The SMILES string of the molecule is CC[Si](CC)(CC)O[C@]12C[C@]34CCC=C[C@](O)(O3)[C@@H](OCc3ccccc3)C4=CC[C@H]1C(C)(C)OC2=O. The molecule has 0 saturated carbocycles. The number of benzene rings is 1. The molecular formula is C30H42O6Si. The number of hydrogen-bond donors (Lipinski definition) is 1. The van der Waals surface area contributed by atoms with E-state index in [0.717, 1.165) is 35.7 Å². The molecule has 2 fully saturated rings. The summed E-state index contributed by atoms with van der Waals surface area (Å²) in [4.78, 5) is 13.9. The summed E-state index contributed by atoms with van der Waals surface area (Å²) in [6, 6.07) is 12.8. The van der Waals surface area contributed by atoms with Gasteiger partial charge in [-0.25, -0.2) is 4.79 Å². The van der Waals surface area contributed by atoms with Gasteiger partial charge in [-0.15, -0.1) is 0 Å². The van der Waals surface area contributed by atoms with Crippen molar-refractivity contribution in [2.45, 2.75) is 114 Å². The van der Waals surface area contributed by atoms with Crippen LogP contribution in [-0.2, 0) is 30.0 Å². The van der Waals surface area contributed by atoms with Crippen LogP contribution in [0.1, 0.15) is 65.9 Å². The second kappa shape index (κ2) is 9.45. The van der Waals surface area contributed by atoms with Gasteiger partial charge in [0.2, 0.25) is 5.79 Å². The number of carbonyl (C=O) groups is 1. The number of carbonyl (C=O) groups excluding carboxylic acids is 1. The van der Waals surface area contributed by atoms with Gasteiger partial charge >= 0.3 is 5.97 Å². The molecule has 6 nitrogen and oxygen atoms in total. The van der Waals surface area contributed by atoms with Crippen molar-refractivity contribution < 1.29 is 28.5 Å². The Hall–Kier alpha value is -1.77. The van der Waals surface area contributed by atoms with Crippen LogP contribution in [0.5, 0.6) is 0 Å². The maximum Gasteiger partial charge on any atom is 0.338 e. The van der Waals surface area contributed by atoms with Crippen LogP contribution in [0.2, 0.25) is 18.1 Å². The summed E-state index contributed by atoms with van der Waals surface area (Å²) in [6.45, 7) is 10.9. The highest BCUT2D eigenvalue weighted by atomic mass is 28.4. The van der Waals surface area contributed by atoms with Crippen LogP contribution in [0.3, 0.4) is 0 Å². The first-order valence-electron chi connectivity index (χ1n) is 14.0. The monoisotopic (exact) mass is 526 g/mol. The van der Waals surface area contributed by atoms with Crippen molar-refractivity contribution in [2.24, 2.45) is 5.92 Å². The van der Waals surface area contributed by atoms with Crippen molar-refractivity contribution in [3.05, 3.63) is 59.7 Å². The van der Waals surface area contributed by atoms with Gasteiger partial charge in [-0.3, -0.25) is 0 Å². The van der Waals surface area contributed by atoms with E-state index < -0.39 is 37.0 Å². The van der Waals surface area contributed by atoms with Crippen LogP contribution in [0.15, 0.2) is 54.1 Å². The Balaban J connectivity index is 1.58. The summed E-state index contributed by atoms with van der Waals surface area (Å²) in [5.74, 6) is -2.03. The smallest absolute Gasteiger partial charge is 0.338 e. The molecule has 4 aliphatic rings. The third-order valence-corrected chi connectivity index (χ3v) is 14.1. The third-order valence-electron chi connectivity index (χ3n) is 9.43. The second-order valence-electron chi connectivity index (χ2n) is 11.8. The Morgan fingerprint density at radius 3 is 2.49 bits per heavy atom. The van der Waals surface area contributed by atoms with Gasteiger partial charge in [-0.05, 0) is 68.5 Å². The van der Waals surface area contributed by atoms with Crippen molar-refractivity contribution in [3.8, 4) is 0 Å². The van der Waals surface area contributed by atoms with Gasteiger partial charge in [0.15, 0.2) is 13.9 Å². The molecule has 1 aliphatic carbocycles. The zero-order valence-electron chi connectivity index (χ0n) is 22.9. The highest BCUT2D eigenvalue weighted by Gasteiger charge is 2.70. The first-order valence-corrected chi connectivity index (χ1v) is 16.5. The molecule has 0 radical (unpaired) electrons. The molecule has 0 aromatic heterocycles. The van der Waals surface area contributed by atoms with Crippen LogP contribution in [0.25, 0.3) is 0 Å². The number of esters is 1. The van der Waals surface area contributed by atoms with Gasteiger partial charge in [-0.2, -0.15) is 0 Å². The number of fused-ring (bicyclic) bond motifs is 2. The number of cyclic esters (lactones) is 1. The Bertz CT molecular complexity index is 1070. The molecule has 1 N–H and O–H groups in total. The molecular weight excluding hydrogens is 484 g/mol. The van der Waals surface area contributed by atoms with Gasteiger partial charge in [0, 0.05) is 12.3 Å². The average Bonchev–Trinajstić information content (AvgIpc) is 3.04. The van der Waals surface area contributed by atoms with E-state index in [1.54, 1.807) is 6.08 Å². The fraction of sp³-hybridized carbons (Fsp3) is 0.633. The van der Waals surface area contributed by atoms with Crippen LogP contribution in [0, 0.1) is 5.92 Å². The Kier molecular flexibility index (Phi) is 6.85. The summed E-state index contributed by atoms with van der Waals surface area (Å²) >= 11 is 0. The maximum atomic E-state index is 13.9. The van der Waals surface area contributed by atoms with E-state index in [1.807, 2.05) is 50.3 Å². The first kappa shape index (κ1) is 26.8. The standard InChI is InChI=1S/C30H42O6Si/c1-6-37(7-2,8-3)36-29-21-28-18-12-13-19-30(32,35-28)25(33-20-22-14-10-9-11-15-22)23(28)16-17-24(29)27(4,5)34-26(29)31/h9-11,13-16,19,24-25,32H,6-8,12,17-18,20-21H2,1-5H3/t24-,25-,28-,29+,30-/m0/s1. The summed E-state index contributed by atoms with van der Waals surface area (Å²) in [7, 11) is -2.21. The van der Waals surface area contributed by atoms with Gasteiger partial charge in [-0.1, -0.05) is 63.3 Å². The Labute approximate surface area is 222 Å². The van der Waals surface area contributed by atoms with E-state index in [4.69, 9.17) is 18.6 Å². The molecule has 2 saturated heterocycles. The molecule has 37 heavy (non-hydrogen) atoms. The molecule has 202 valence electrons. The third kappa shape index (κ3) is 4.27. The van der Waals surface area contributed by atoms with Gasteiger partial charge in [0.05, 0.1) is 12.2 Å². The second-order valence-corrected chi connectivity index (χ2v) is 16.5. The van der Waals surface area contributed by atoms with Crippen molar-refractivity contribution in [2.75, 3.05) is 0 Å². The summed E-state index contributed by atoms with van der Waals surface area (Å²) in [6.07, 6.45) is 7.53. The van der Waals surface area contributed by atoms with Crippen molar-refractivity contribution in [1.29, 1.82) is 0 Å². The normalized spacial score (nSPS) is 36.3. The number of allylic oxidation sites excluding steroid dienone is 2. The quantitative estimate of drug-likeness (QED) is 0.262. The van der Waals surface area contributed by atoms with Gasteiger partial charge < -0.3 is 23.7 Å². The minimum absolute atomic E-state index is 0.154.